The number of aromatic nitrogens is 3. The molecule has 0 radical (unpaired) electrons. The molecule has 1 aromatic heterocycles. The molecule has 88 valence electrons. The lowest BCUT2D eigenvalue weighted by molar-refractivity contribution is 0.825. The van der Waals surface area contributed by atoms with Gasteiger partial charge in [0.05, 0.1) is 0 Å². The maximum absolute atomic E-state index is 5.69. The highest BCUT2D eigenvalue weighted by Crippen LogP contribution is 2.19. The molecule has 0 saturated heterocycles. The summed E-state index contributed by atoms with van der Waals surface area (Å²) in [6.07, 6.45) is 1.81. The third-order valence-corrected chi connectivity index (χ3v) is 2.80. The SMILES string of the molecule is CCCc1nc(N)nc(-c2ccc(Br)cc2)n1. The summed E-state index contributed by atoms with van der Waals surface area (Å²) in [4.78, 5) is 12.7. The molecule has 0 aliphatic rings. The highest BCUT2D eigenvalue weighted by Gasteiger charge is 2.06. The molecule has 0 unspecified atom stereocenters. The van der Waals surface area contributed by atoms with Crippen LogP contribution in [0.1, 0.15) is 19.2 Å². The number of anilines is 1. The van der Waals surface area contributed by atoms with Gasteiger partial charge >= 0.3 is 0 Å². The van der Waals surface area contributed by atoms with E-state index in [0.29, 0.717) is 5.82 Å². The van der Waals surface area contributed by atoms with Gasteiger partial charge in [-0.2, -0.15) is 9.97 Å². The lowest BCUT2D eigenvalue weighted by Gasteiger charge is -2.04. The Kier molecular flexibility index (Phi) is 3.68. The lowest BCUT2D eigenvalue weighted by atomic mass is 10.2. The van der Waals surface area contributed by atoms with E-state index in [1.54, 1.807) is 0 Å². The van der Waals surface area contributed by atoms with Crippen molar-refractivity contribution < 1.29 is 0 Å². The molecule has 0 aliphatic heterocycles. The van der Waals surface area contributed by atoms with Crippen LogP contribution in [0.5, 0.6) is 0 Å². The number of hydrogen-bond donors (Lipinski definition) is 1. The summed E-state index contributed by atoms with van der Waals surface area (Å²) in [5.41, 5.74) is 6.63. The van der Waals surface area contributed by atoms with Crippen LogP contribution >= 0.6 is 15.9 Å². The molecular formula is C12H13BrN4. The van der Waals surface area contributed by atoms with Gasteiger partial charge in [-0.3, -0.25) is 0 Å². The summed E-state index contributed by atoms with van der Waals surface area (Å²) in [5.74, 6) is 1.66. The second kappa shape index (κ2) is 5.23. The molecule has 0 aliphatic carbocycles. The van der Waals surface area contributed by atoms with E-state index in [1.807, 2.05) is 24.3 Å². The number of aryl methyl sites for hydroxylation is 1. The van der Waals surface area contributed by atoms with Crippen molar-refractivity contribution in [2.24, 2.45) is 0 Å². The first-order chi connectivity index (χ1) is 8.19. The average molecular weight is 293 g/mol. The Bertz CT molecular complexity index is 510. The predicted octanol–water partition coefficient (Wildman–Crippen LogP) is 2.84. The van der Waals surface area contributed by atoms with Crippen LogP contribution < -0.4 is 5.73 Å². The van der Waals surface area contributed by atoms with Gasteiger partial charge in [-0.1, -0.05) is 35.0 Å². The van der Waals surface area contributed by atoms with Crippen LogP contribution in [-0.4, -0.2) is 15.0 Å². The zero-order valence-corrected chi connectivity index (χ0v) is 11.1. The molecule has 17 heavy (non-hydrogen) atoms. The van der Waals surface area contributed by atoms with Gasteiger partial charge in [-0.15, -0.1) is 0 Å². The monoisotopic (exact) mass is 292 g/mol. The fourth-order valence-corrected chi connectivity index (χ4v) is 1.77. The third kappa shape index (κ3) is 3.00. The van der Waals surface area contributed by atoms with Crippen molar-refractivity contribution in [1.29, 1.82) is 0 Å². The van der Waals surface area contributed by atoms with Crippen LogP contribution in [0.3, 0.4) is 0 Å². The molecule has 0 saturated carbocycles. The predicted molar refractivity (Wildman–Crippen MR) is 71.4 cm³/mol. The van der Waals surface area contributed by atoms with E-state index < -0.39 is 0 Å². The number of nitrogens with two attached hydrogens (primary N) is 1. The number of hydrogen-bond acceptors (Lipinski definition) is 4. The van der Waals surface area contributed by atoms with E-state index in [4.69, 9.17) is 5.73 Å². The average Bonchev–Trinajstić information content (AvgIpc) is 2.29. The van der Waals surface area contributed by atoms with E-state index in [-0.39, 0.29) is 5.95 Å². The molecule has 0 bridgehead atoms. The molecule has 2 aromatic rings. The van der Waals surface area contributed by atoms with Crippen LogP contribution in [0.25, 0.3) is 11.4 Å². The molecule has 1 aromatic carbocycles. The van der Waals surface area contributed by atoms with Gasteiger partial charge in [0.2, 0.25) is 5.95 Å². The van der Waals surface area contributed by atoms with Gasteiger partial charge in [-0.05, 0) is 18.6 Å². The molecule has 2 N–H and O–H groups in total. The van der Waals surface area contributed by atoms with Crippen molar-refractivity contribution in [3.05, 3.63) is 34.6 Å². The Morgan fingerprint density at radius 1 is 1.12 bits per heavy atom. The molecule has 5 heteroatoms. The van der Waals surface area contributed by atoms with E-state index in [9.17, 15) is 0 Å². The minimum absolute atomic E-state index is 0.279. The smallest absolute Gasteiger partial charge is 0.223 e. The normalized spacial score (nSPS) is 10.5. The first-order valence-corrected chi connectivity index (χ1v) is 6.24. The molecule has 2 rings (SSSR count). The van der Waals surface area contributed by atoms with Crippen LogP contribution in [0, 0.1) is 0 Å². The number of nitrogen functional groups attached to an aromatic ring is 1. The van der Waals surface area contributed by atoms with E-state index in [1.165, 1.54) is 0 Å². The van der Waals surface area contributed by atoms with Crippen molar-refractivity contribution >= 4 is 21.9 Å². The topological polar surface area (TPSA) is 64.7 Å². The number of nitrogens with zero attached hydrogens (tertiary/aromatic N) is 3. The third-order valence-electron chi connectivity index (χ3n) is 2.28. The summed E-state index contributed by atoms with van der Waals surface area (Å²) < 4.78 is 1.03. The molecule has 0 spiro atoms. The van der Waals surface area contributed by atoms with Crippen molar-refractivity contribution in [3.63, 3.8) is 0 Å². The van der Waals surface area contributed by atoms with Gasteiger partial charge in [-0.25, -0.2) is 4.98 Å². The minimum Gasteiger partial charge on any atom is -0.368 e. The summed E-state index contributed by atoms with van der Waals surface area (Å²) in [7, 11) is 0. The Hall–Kier alpha value is -1.49. The molecule has 0 amide bonds. The van der Waals surface area contributed by atoms with Crippen molar-refractivity contribution in [1.82, 2.24) is 15.0 Å². The number of rotatable bonds is 3. The second-order valence-electron chi connectivity index (χ2n) is 3.69. The Balaban J connectivity index is 2.40. The Morgan fingerprint density at radius 2 is 1.82 bits per heavy atom. The van der Waals surface area contributed by atoms with Crippen LogP contribution in [0.15, 0.2) is 28.7 Å². The number of halogens is 1. The number of benzene rings is 1. The summed E-state index contributed by atoms with van der Waals surface area (Å²) in [5, 5.41) is 0. The minimum atomic E-state index is 0.279. The van der Waals surface area contributed by atoms with Gasteiger partial charge < -0.3 is 5.73 Å². The van der Waals surface area contributed by atoms with Gasteiger partial charge in [0.15, 0.2) is 5.82 Å². The zero-order valence-electron chi connectivity index (χ0n) is 9.52. The van der Waals surface area contributed by atoms with E-state index in [2.05, 4.69) is 37.8 Å². The largest absolute Gasteiger partial charge is 0.368 e. The van der Waals surface area contributed by atoms with E-state index >= 15 is 0 Å². The maximum Gasteiger partial charge on any atom is 0.223 e. The van der Waals surface area contributed by atoms with Crippen LogP contribution in [0.4, 0.5) is 5.95 Å². The highest BCUT2D eigenvalue weighted by molar-refractivity contribution is 9.10. The first-order valence-electron chi connectivity index (χ1n) is 5.45. The molecule has 0 atom stereocenters. The van der Waals surface area contributed by atoms with Crippen LogP contribution in [-0.2, 0) is 6.42 Å². The van der Waals surface area contributed by atoms with Gasteiger partial charge in [0, 0.05) is 16.5 Å². The maximum atomic E-state index is 5.69. The summed E-state index contributed by atoms with van der Waals surface area (Å²) in [6, 6.07) is 7.81. The Labute approximate surface area is 108 Å². The van der Waals surface area contributed by atoms with Crippen LogP contribution in [0.2, 0.25) is 0 Å². The quantitative estimate of drug-likeness (QED) is 0.945. The van der Waals surface area contributed by atoms with Gasteiger partial charge in [0.1, 0.15) is 5.82 Å². The van der Waals surface area contributed by atoms with Crippen molar-refractivity contribution in [2.45, 2.75) is 19.8 Å². The first kappa shape index (κ1) is 12.0. The molecule has 1 heterocycles. The zero-order chi connectivity index (χ0) is 12.3. The van der Waals surface area contributed by atoms with E-state index in [0.717, 1.165) is 28.7 Å². The van der Waals surface area contributed by atoms with Gasteiger partial charge in [0.25, 0.3) is 0 Å². The molecule has 4 nitrogen and oxygen atoms in total. The van der Waals surface area contributed by atoms with Crippen molar-refractivity contribution in [3.8, 4) is 11.4 Å². The lowest BCUT2D eigenvalue weighted by Crippen LogP contribution is -2.04. The fourth-order valence-electron chi connectivity index (χ4n) is 1.50. The standard InChI is InChI=1S/C12H13BrN4/c1-2-3-10-15-11(17-12(14)16-10)8-4-6-9(13)7-5-8/h4-7H,2-3H2,1H3,(H2,14,15,16,17). The van der Waals surface area contributed by atoms with Crippen molar-refractivity contribution in [2.75, 3.05) is 5.73 Å². The molecular weight excluding hydrogens is 280 g/mol. The summed E-state index contributed by atoms with van der Waals surface area (Å²) >= 11 is 3.39. The Morgan fingerprint density at radius 3 is 2.47 bits per heavy atom. The summed E-state index contributed by atoms with van der Waals surface area (Å²) in [6.45, 7) is 2.08. The molecule has 0 fully saturated rings. The second-order valence-corrected chi connectivity index (χ2v) is 4.61. The fraction of sp³-hybridized carbons (Fsp3) is 0.250. The highest BCUT2D eigenvalue weighted by atomic mass is 79.9.